The van der Waals surface area contributed by atoms with Gasteiger partial charge in [-0.1, -0.05) is 0 Å². The van der Waals surface area contributed by atoms with Crippen LogP contribution in [0.4, 0.5) is 5.69 Å². The SMILES string of the molecule is CC(N)CCCN(C)c1cccnc1. The number of nitrogens with two attached hydrogens (primary N) is 1. The van der Waals surface area contributed by atoms with E-state index in [0.29, 0.717) is 6.04 Å². The maximum atomic E-state index is 5.69. The van der Waals surface area contributed by atoms with Gasteiger partial charge in [0.05, 0.1) is 11.9 Å². The fourth-order valence-electron chi connectivity index (χ4n) is 1.36. The highest BCUT2D eigenvalue weighted by atomic mass is 15.1. The van der Waals surface area contributed by atoms with Crippen molar-refractivity contribution in [2.45, 2.75) is 25.8 Å². The summed E-state index contributed by atoms with van der Waals surface area (Å²) in [7, 11) is 2.08. The van der Waals surface area contributed by atoms with Crippen LogP contribution in [-0.2, 0) is 0 Å². The summed E-state index contributed by atoms with van der Waals surface area (Å²) in [5.74, 6) is 0. The van der Waals surface area contributed by atoms with Crippen LogP contribution in [0.25, 0.3) is 0 Å². The summed E-state index contributed by atoms with van der Waals surface area (Å²) in [4.78, 5) is 6.29. The van der Waals surface area contributed by atoms with Crippen LogP contribution in [0, 0.1) is 0 Å². The third-order valence-electron chi connectivity index (χ3n) is 2.24. The zero-order chi connectivity index (χ0) is 10.4. The number of hydrogen-bond acceptors (Lipinski definition) is 3. The molecule has 3 nitrogen and oxygen atoms in total. The Bertz CT molecular complexity index is 246. The van der Waals surface area contributed by atoms with Gasteiger partial charge < -0.3 is 10.6 Å². The fourth-order valence-corrected chi connectivity index (χ4v) is 1.36. The summed E-state index contributed by atoms with van der Waals surface area (Å²) in [6.07, 6.45) is 5.87. The van der Waals surface area contributed by atoms with E-state index in [2.05, 4.69) is 23.0 Å². The van der Waals surface area contributed by atoms with Crippen LogP contribution in [0.3, 0.4) is 0 Å². The number of aromatic nitrogens is 1. The lowest BCUT2D eigenvalue weighted by molar-refractivity contribution is 0.621. The molecular formula is C11H19N3. The second-order valence-electron chi connectivity index (χ2n) is 3.75. The number of nitrogens with zero attached hydrogens (tertiary/aromatic N) is 2. The standard InChI is InChI=1S/C11H19N3/c1-10(12)5-4-8-14(2)11-6-3-7-13-9-11/h3,6-7,9-10H,4-5,8,12H2,1-2H3. The van der Waals surface area contributed by atoms with Gasteiger partial charge in [0.25, 0.3) is 0 Å². The van der Waals surface area contributed by atoms with Crippen LogP contribution in [0.15, 0.2) is 24.5 Å². The summed E-state index contributed by atoms with van der Waals surface area (Å²) >= 11 is 0. The lowest BCUT2D eigenvalue weighted by Gasteiger charge is -2.18. The van der Waals surface area contributed by atoms with Gasteiger partial charge in [0, 0.05) is 25.8 Å². The molecule has 2 N–H and O–H groups in total. The van der Waals surface area contributed by atoms with Crippen LogP contribution in [-0.4, -0.2) is 24.6 Å². The van der Waals surface area contributed by atoms with Crippen molar-refractivity contribution >= 4 is 5.69 Å². The van der Waals surface area contributed by atoms with Crippen molar-refractivity contribution in [1.29, 1.82) is 0 Å². The molecule has 0 aliphatic carbocycles. The molecule has 0 fully saturated rings. The van der Waals surface area contributed by atoms with Crippen LogP contribution in [0.2, 0.25) is 0 Å². The molecule has 1 aromatic heterocycles. The molecule has 1 heterocycles. The van der Waals surface area contributed by atoms with Gasteiger partial charge in [-0.05, 0) is 31.9 Å². The summed E-state index contributed by atoms with van der Waals surface area (Å²) in [5, 5.41) is 0. The molecule has 0 aliphatic heterocycles. The maximum Gasteiger partial charge on any atom is 0.0550 e. The Balaban J connectivity index is 2.32. The first kappa shape index (κ1) is 11.0. The third-order valence-corrected chi connectivity index (χ3v) is 2.24. The fraction of sp³-hybridized carbons (Fsp3) is 0.545. The number of rotatable bonds is 5. The molecule has 78 valence electrons. The van der Waals surface area contributed by atoms with E-state index in [-0.39, 0.29) is 0 Å². The van der Waals surface area contributed by atoms with Crippen molar-refractivity contribution in [3.05, 3.63) is 24.5 Å². The number of anilines is 1. The Morgan fingerprint density at radius 2 is 2.36 bits per heavy atom. The molecule has 0 bridgehead atoms. The monoisotopic (exact) mass is 193 g/mol. The van der Waals surface area contributed by atoms with E-state index >= 15 is 0 Å². The second-order valence-corrected chi connectivity index (χ2v) is 3.75. The molecule has 1 unspecified atom stereocenters. The van der Waals surface area contributed by atoms with E-state index in [0.717, 1.165) is 25.1 Å². The molecule has 0 saturated heterocycles. The van der Waals surface area contributed by atoms with E-state index < -0.39 is 0 Å². The van der Waals surface area contributed by atoms with Gasteiger partial charge in [-0.15, -0.1) is 0 Å². The predicted molar refractivity (Wildman–Crippen MR) is 60.4 cm³/mol. The largest absolute Gasteiger partial charge is 0.373 e. The Morgan fingerprint density at radius 3 is 2.93 bits per heavy atom. The average Bonchev–Trinajstić information content (AvgIpc) is 2.18. The first-order chi connectivity index (χ1) is 6.70. The lowest BCUT2D eigenvalue weighted by Crippen LogP contribution is -2.22. The topological polar surface area (TPSA) is 42.1 Å². The van der Waals surface area contributed by atoms with E-state index in [9.17, 15) is 0 Å². The Hall–Kier alpha value is -1.09. The van der Waals surface area contributed by atoms with Crippen LogP contribution in [0.5, 0.6) is 0 Å². The summed E-state index contributed by atoms with van der Waals surface area (Å²) < 4.78 is 0. The minimum atomic E-state index is 0.303. The molecule has 1 rings (SSSR count). The molecule has 0 radical (unpaired) electrons. The van der Waals surface area contributed by atoms with Crippen molar-refractivity contribution in [3.63, 3.8) is 0 Å². The minimum Gasteiger partial charge on any atom is -0.373 e. The van der Waals surface area contributed by atoms with Gasteiger partial charge in [0.2, 0.25) is 0 Å². The lowest BCUT2D eigenvalue weighted by atomic mass is 10.2. The first-order valence-corrected chi connectivity index (χ1v) is 5.07. The molecule has 0 aromatic carbocycles. The van der Waals surface area contributed by atoms with Crippen molar-refractivity contribution in [2.24, 2.45) is 5.73 Å². The van der Waals surface area contributed by atoms with Crippen LogP contribution < -0.4 is 10.6 Å². The van der Waals surface area contributed by atoms with Crippen LogP contribution in [0.1, 0.15) is 19.8 Å². The zero-order valence-electron chi connectivity index (χ0n) is 8.98. The molecule has 0 aliphatic rings. The third kappa shape index (κ3) is 3.75. The molecule has 0 spiro atoms. The molecule has 14 heavy (non-hydrogen) atoms. The van der Waals surface area contributed by atoms with E-state index in [1.165, 1.54) is 0 Å². The van der Waals surface area contributed by atoms with Crippen molar-refractivity contribution in [2.75, 3.05) is 18.5 Å². The molecule has 3 heteroatoms. The van der Waals surface area contributed by atoms with E-state index in [4.69, 9.17) is 5.73 Å². The number of pyridine rings is 1. The molecule has 1 atom stereocenters. The van der Waals surface area contributed by atoms with Crippen molar-refractivity contribution in [1.82, 2.24) is 4.98 Å². The Kier molecular flexibility index (Phi) is 4.40. The zero-order valence-corrected chi connectivity index (χ0v) is 8.98. The average molecular weight is 193 g/mol. The molecule has 0 amide bonds. The van der Waals surface area contributed by atoms with Gasteiger partial charge >= 0.3 is 0 Å². The highest BCUT2D eigenvalue weighted by Gasteiger charge is 2.00. The van der Waals surface area contributed by atoms with Gasteiger partial charge in [-0.25, -0.2) is 0 Å². The van der Waals surface area contributed by atoms with Gasteiger partial charge in [-0.3, -0.25) is 4.98 Å². The van der Waals surface area contributed by atoms with Crippen molar-refractivity contribution in [3.8, 4) is 0 Å². The smallest absolute Gasteiger partial charge is 0.0550 e. The van der Waals surface area contributed by atoms with Crippen LogP contribution >= 0.6 is 0 Å². The Labute approximate surface area is 85.9 Å². The predicted octanol–water partition coefficient (Wildman–Crippen LogP) is 1.65. The molecular weight excluding hydrogens is 174 g/mol. The Morgan fingerprint density at radius 1 is 1.57 bits per heavy atom. The van der Waals surface area contributed by atoms with E-state index in [1.54, 1.807) is 6.20 Å². The van der Waals surface area contributed by atoms with Gasteiger partial charge in [-0.2, -0.15) is 0 Å². The second kappa shape index (κ2) is 5.60. The summed E-state index contributed by atoms with van der Waals surface area (Å²) in [5.41, 5.74) is 6.85. The molecule has 0 saturated carbocycles. The van der Waals surface area contributed by atoms with Gasteiger partial charge in [0.1, 0.15) is 0 Å². The quantitative estimate of drug-likeness (QED) is 0.773. The molecule has 1 aromatic rings. The highest BCUT2D eigenvalue weighted by molar-refractivity contribution is 5.42. The minimum absolute atomic E-state index is 0.303. The van der Waals surface area contributed by atoms with Crippen molar-refractivity contribution < 1.29 is 0 Å². The summed E-state index contributed by atoms with van der Waals surface area (Å²) in [6.45, 7) is 3.08. The summed E-state index contributed by atoms with van der Waals surface area (Å²) in [6, 6.07) is 4.33. The highest BCUT2D eigenvalue weighted by Crippen LogP contribution is 2.10. The van der Waals surface area contributed by atoms with Gasteiger partial charge in [0.15, 0.2) is 0 Å². The van der Waals surface area contributed by atoms with E-state index in [1.807, 2.05) is 19.2 Å². The number of hydrogen-bond donors (Lipinski definition) is 1. The maximum absolute atomic E-state index is 5.69. The first-order valence-electron chi connectivity index (χ1n) is 5.07. The normalized spacial score (nSPS) is 12.5.